The molecule has 2 aromatic heterocycles. The molecule has 2 aliphatic heterocycles. The molecule has 1 aromatic carbocycles. The van der Waals surface area contributed by atoms with Crippen LogP contribution < -0.4 is 11.3 Å². The maximum Gasteiger partial charge on any atom is 0.343 e. The zero-order chi connectivity index (χ0) is 22.8. The van der Waals surface area contributed by atoms with Gasteiger partial charge in [0.05, 0.1) is 29.0 Å². The molecule has 1 atom stereocenters. The number of nitrogens with zero attached hydrogens (tertiary/aromatic N) is 2. The standard InChI is InChI=1S/C23H21N3O6/c1-2-23(31)15-8-17-20-12(9-26(17)21(29)14(15)10-32-22(23)30)7-13-16(24)5-3-11(19(13)25-20)4-6-18(27)28/h3,5,7-8,31H,2,4,6,9-10,24H2,1H3,(H,27,28)/t23-/m0/s1. The van der Waals surface area contributed by atoms with Crippen molar-refractivity contribution in [2.24, 2.45) is 0 Å². The Balaban J connectivity index is 1.74. The molecule has 32 heavy (non-hydrogen) atoms. The molecule has 4 N–H and O–H groups in total. The van der Waals surface area contributed by atoms with Crippen LogP contribution in [0.1, 0.15) is 42.0 Å². The average molecular weight is 435 g/mol. The summed E-state index contributed by atoms with van der Waals surface area (Å²) in [5.41, 5.74) is 8.12. The lowest BCUT2D eigenvalue weighted by atomic mass is 9.86. The zero-order valence-corrected chi connectivity index (χ0v) is 17.3. The van der Waals surface area contributed by atoms with E-state index in [9.17, 15) is 19.5 Å². The minimum Gasteiger partial charge on any atom is -0.481 e. The number of nitrogens with two attached hydrogens (primary N) is 1. The van der Waals surface area contributed by atoms with Gasteiger partial charge in [-0.3, -0.25) is 9.59 Å². The van der Waals surface area contributed by atoms with E-state index in [1.807, 2.05) is 6.07 Å². The number of pyridine rings is 2. The van der Waals surface area contributed by atoms with E-state index in [1.165, 1.54) is 0 Å². The SMILES string of the molecule is CC[C@@]1(O)C(=O)OCc2c1cc1n(c2=O)Cc2cc3c(N)ccc(CCC(=O)O)c3nc2-1. The molecule has 0 fully saturated rings. The van der Waals surface area contributed by atoms with E-state index in [0.717, 1.165) is 11.1 Å². The molecule has 164 valence electrons. The molecule has 0 radical (unpaired) electrons. The van der Waals surface area contributed by atoms with Crippen LogP contribution in [0.4, 0.5) is 5.69 Å². The number of aryl methyl sites for hydroxylation is 1. The van der Waals surface area contributed by atoms with Crippen molar-refractivity contribution >= 4 is 28.5 Å². The summed E-state index contributed by atoms with van der Waals surface area (Å²) in [5, 5.41) is 20.7. The predicted molar refractivity (Wildman–Crippen MR) is 115 cm³/mol. The van der Waals surface area contributed by atoms with Crippen molar-refractivity contribution in [3.8, 4) is 11.4 Å². The van der Waals surface area contributed by atoms with Crippen LogP contribution in [0.25, 0.3) is 22.3 Å². The third-order valence-corrected chi connectivity index (χ3v) is 6.40. The van der Waals surface area contributed by atoms with Gasteiger partial charge in [-0.1, -0.05) is 13.0 Å². The summed E-state index contributed by atoms with van der Waals surface area (Å²) in [6.07, 6.45) is 0.304. The van der Waals surface area contributed by atoms with E-state index >= 15 is 0 Å². The van der Waals surface area contributed by atoms with Gasteiger partial charge in [-0.05, 0) is 36.6 Å². The second kappa shape index (κ2) is 6.89. The number of carbonyl (C=O) groups is 2. The number of aliphatic carboxylic acids is 1. The number of hydrogen-bond donors (Lipinski definition) is 3. The van der Waals surface area contributed by atoms with E-state index in [2.05, 4.69) is 0 Å². The number of aliphatic hydroxyl groups is 1. The van der Waals surface area contributed by atoms with E-state index in [0.29, 0.717) is 28.0 Å². The molecule has 0 bridgehead atoms. The molecule has 0 unspecified atom stereocenters. The van der Waals surface area contributed by atoms with E-state index in [-0.39, 0.29) is 49.1 Å². The van der Waals surface area contributed by atoms with E-state index in [1.54, 1.807) is 29.7 Å². The van der Waals surface area contributed by atoms with Crippen molar-refractivity contribution in [1.29, 1.82) is 0 Å². The molecule has 5 rings (SSSR count). The van der Waals surface area contributed by atoms with Crippen LogP contribution in [-0.4, -0.2) is 31.7 Å². The summed E-state index contributed by atoms with van der Waals surface area (Å²) in [6, 6.07) is 7.01. The van der Waals surface area contributed by atoms with Crippen LogP contribution >= 0.6 is 0 Å². The Morgan fingerprint density at radius 3 is 2.81 bits per heavy atom. The highest BCUT2D eigenvalue weighted by atomic mass is 16.6. The van der Waals surface area contributed by atoms with Crippen molar-refractivity contribution in [3.63, 3.8) is 0 Å². The van der Waals surface area contributed by atoms with Crippen LogP contribution in [0.2, 0.25) is 0 Å². The second-order valence-corrected chi connectivity index (χ2v) is 8.20. The molecule has 0 saturated heterocycles. The molecule has 0 aliphatic carbocycles. The third kappa shape index (κ3) is 2.74. The predicted octanol–water partition coefficient (Wildman–Crippen LogP) is 1.68. The fraction of sp³-hybridized carbons (Fsp3) is 0.304. The first-order valence-corrected chi connectivity index (χ1v) is 10.3. The van der Waals surface area contributed by atoms with Gasteiger partial charge in [0, 0.05) is 28.6 Å². The van der Waals surface area contributed by atoms with Crippen LogP contribution in [0.15, 0.2) is 29.1 Å². The topological polar surface area (TPSA) is 145 Å². The number of nitrogen functional groups attached to an aromatic ring is 1. The first-order chi connectivity index (χ1) is 15.2. The zero-order valence-electron chi connectivity index (χ0n) is 17.3. The minimum absolute atomic E-state index is 0.0486. The van der Waals surface area contributed by atoms with Crippen LogP contribution in [0.5, 0.6) is 0 Å². The molecular formula is C23H21N3O6. The third-order valence-electron chi connectivity index (χ3n) is 6.40. The van der Waals surface area contributed by atoms with Crippen molar-refractivity contribution in [1.82, 2.24) is 9.55 Å². The lowest BCUT2D eigenvalue weighted by molar-refractivity contribution is -0.172. The number of benzene rings is 1. The smallest absolute Gasteiger partial charge is 0.343 e. The Morgan fingerprint density at radius 2 is 2.09 bits per heavy atom. The largest absolute Gasteiger partial charge is 0.481 e. The Hall–Kier alpha value is -3.72. The highest BCUT2D eigenvalue weighted by Gasteiger charge is 2.45. The van der Waals surface area contributed by atoms with Gasteiger partial charge < -0.3 is 25.3 Å². The number of ether oxygens (including phenoxy) is 1. The number of anilines is 1. The number of carbonyl (C=O) groups excluding carboxylic acids is 1. The number of carboxylic acids is 1. The van der Waals surface area contributed by atoms with Crippen LogP contribution in [0.3, 0.4) is 0 Å². The van der Waals surface area contributed by atoms with Gasteiger partial charge in [-0.15, -0.1) is 0 Å². The Morgan fingerprint density at radius 1 is 1.31 bits per heavy atom. The molecule has 3 aromatic rings. The number of carboxylic acid groups (broad SMARTS) is 1. The molecule has 9 heteroatoms. The molecule has 0 spiro atoms. The number of rotatable bonds is 4. The molecule has 4 heterocycles. The Kier molecular flexibility index (Phi) is 4.35. The van der Waals surface area contributed by atoms with Crippen molar-refractivity contribution in [2.45, 2.75) is 44.9 Å². The lowest BCUT2D eigenvalue weighted by Crippen LogP contribution is -2.44. The number of aromatic nitrogens is 2. The minimum atomic E-state index is -1.89. The maximum absolute atomic E-state index is 13.2. The molecule has 0 amide bonds. The average Bonchev–Trinajstić information content (AvgIpc) is 3.13. The first kappa shape index (κ1) is 20.2. The van der Waals surface area contributed by atoms with Gasteiger partial charge in [0.1, 0.15) is 6.61 Å². The van der Waals surface area contributed by atoms with E-state index in [4.69, 9.17) is 20.6 Å². The van der Waals surface area contributed by atoms with Crippen LogP contribution in [-0.2, 0) is 39.5 Å². The normalized spacial score (nSPS) is 18.8. The van der Waals surface area contributed by atoms with Crippen LogP contribution in [0, 0.1) is 0 Å². The summed E-state index contributed by atoms with van der Waals surface area (Å²) in [7, 11) is 0. The fourth-order valence-electron chi connectivity index (χ4n) is 4.59. The Labute approximate surface area is 182 Å². The van der Waals surface area contributed by atoms with Gasteiger partial charge in [0.2, 0.25) is 0 Å². The highest BCUT2D eigenvalue weighted by molar-refractivity contribution is 5.95. The summed E-state index contributed by atoms with van der Waals surface area (Å²) in [6.45, 7) is 1.74. The number of hydrogen-bond acceptors (Lipinski definition) is 7. The first-order valence-electron chi connectivity index (χ1n) is 10.3. The summed E-state index contributed by atoms with van der Waals surface area (Å²) in [4.78, 5) is 41.4. The number of cyclic esters (lactones) is 1. The van der Waals surface area contributed by atoms with Crippen molar-refractivity contribution in [3.05, 3.63) is 56.9 Å². The van der Waals surface area contributed by atoms with Gasteiger partial charge in [0.15, 0.2) is 5.60 Å². The molecule has 0 saturated carbocycles. The highest BCUT2D eigenvalue weighted by Crippen LogP contribution is 2.39. The summed E-state index contributed by atoms with van der Waals surface area (Å²) in [5.74, 6) is -1.68. The van der Waals surface area contributed by atoms with Crippen molar-refractivity contribution in [2.75, 3.05) is 5.73 Å². The lowest BCUT2D eigenvalue weighted by Gasteiger charge is -2.31. The summed E-state index contributed by atoms with van der Waals surface area (Å²) < 4.78 is 6.64. The molecule has 2 aliphatic rings. The monoisotopic (exact) mass is 435 g/mol. The summed E-state index contributed by atoms with van der Waals surface area (Å²) >= 11 is 0. The number of fused-ring (bicyclic) bond motifs is 5. The maximum atomic E-state index is 13.2. The quantitative estimate of drug-likeness (QED) is 0.324. The number of esters is 1. The van der Waals surface area contributed by atoms with Crippen molar-refractivity contribution < 1.29 is 24.5 Å². The van der Waals surface area contributed by atoms with Gasteiger partial charge in [-0.2, -0.15) is 0 Å². The van der Waals surface area contributed by atoms with Gasteiger partial charge in [-0.25, -0.2) is 9.78 Å². The van der Waals surface area contributed by atoms with Gasteiger partial charge in [0.25, 0.3) is 5.56 Å². The molecule has 9 nitrogen and oxygen atoms in total. The second-order valence-electron chi connectivity index (χ2n) is 8.20. The Bertz CT molecular complexity index is 1390. The fourth-order valence-corrected chi connectivity index (χ4v) is 4.59. The van der Waals surface area contributed by atoms with Gasteiger partial charge >= 0.3 is 11.9 Å². The molecular weight excluding hydrogens is 414 g/mol. The van der Waals surface area contributed by atoms with E-state index < -0.39 is 17.5 Å².